The van der Waals surface area contributed by atoms with Crippen molar-refractivity contribution >= 4 is 16.5 Å². The maximum atomic E-state index is 3.65. The minimum atomic E-state index is -0.0549. The van der Waals surface area contributed by atoms with E-state index in [9.17, 15) is 0 Å². The van der Waals surface area contributed by atoms with Crippen LogP contribution in [0.2, 0.25) is 0 Å². The molecule has 0 bridgehead atoms. The summed E-state index contributed by atoms with van der Waals surface area (Å²) in [6.07, 6.45) is -0.0549. The average Bonchev–Trinajstić information content (AvgIpc) is 2.74. The van der Waals surface area contributed by atoms with Gasteiger partial charge in [0.15, 0.2) is 0 Å². The molecule has 0 aliphatic carbocycles. The molecule has 0 saturated heterocycles. The summed E-state index contributed by atoms with van der Waals surface area (Å²) in [4.78, 5) is 0. The first kappa shape index (κ1) is 17.3. The van der Waals surface area contributed by atoms with Crippen molar-refractivity contribution < 1.29 is 0 Å². The van der Waals surface area contributed by atoms with Gasteiger partial charge in [-0.1, -0.05) is 97.1 Å². The van der Waals surface area contributed by atoms with E-state index in [1.54, 1.807) is 0 Å². The molecule has 0 fully saturated rings. The number of hydrogen-bond donors (Lipinski definition) is 3. The van der Waals surface area contributed by atoms with Crippen LogP contribution in [-0.2, 0) is 6.54 Å². The van der Waals surface area contributed by atoms with Crippen LogP contribution in [0.15, 0.2) is 103 Å². The summed E-state index contributed by atoms with van der Waals surface area (Å²) in [5, 5.41) is 6.09. The summed E-state index contributed by atoms with van der Waals surface area (Å²) in [5.74, 6) is 0. The summed E-state index contributed by atoms with van der Waals surface area (Å²) >= 11 is 0. The number of fused-ring (bicyclic) bond motifs is 1. The summed E-state index contributed by atoms with van der Waals surface area (Å²) in [5.41, 5.74) is 10.3. The Morgan fingerprint density at radius 1 is 0.630 bits per heavy atom. The van der Waals surface area contributed by atoms with E-state index >= 15 is 0 Å². The lowest BCUT2D eigenvalue weighted by Crippen LogP contribution is -2.38. The van der Waals surface area contributed by atoms with Crippen LogP contribution in [0, 0.1) is 0 Å². The summed E-state index contributed by atoms with van der Waals surface area (Å²) in [6, 6.07) is 35.6. The van der Waals surface area contributed by atoms with Crippen molar-refractivity contribution in [2.45, 2.75) is 12.7 Å². The molecule has 0 saturated carbocycles. The lowest BCUT2D eigenvalue weighted by molar-refractivity contribution is 0.468. The molecule has 0 amide bonds. The summed E-state index contributed by atoms with van der Waals surface area (Å²) < 4.78 is 0. The third-order valence-corrected chi connectivity index (χ3v) is 4.60. The number of anilines is 1. The van der Waals surface area contributed by atoms with Gasteiger partial charge in [0.2, 0.25) is 0 Å². The predicted octanol–water partition coefficient (Wildman–Crippen LogP) is 5.24. The lowest BCUT2D eigenvalue weighted by Gasteiger charge is -2.23. The molecular weight excluding hydrogens is 330 g/mol. The zero-order valence-electron chi connectivity index (χ0n) is 15.1. The number of benzene rings is 4. The van der Waals surface area contributed by atoms with Crippen molar-refractivity contribution in [1.82, 2.24) is 10.9 Å². The van der Waals surface area contributed by atoms with E-state index in [0.717, 1.165) is 12.2 Å². The minimum Gasteiger partial charge on any atom is -0.365 e. The van der Waals surface area contributed by atoms with Crippen LogP contribution in [0.1, 0.15) is 17.3 Å². The largest absolute Gasteiger partial charge is 0.365 e. The van der Waals surface area contributed by atoms with E-state index in [-0.39, 0.29) is 6.17 Å². The van der Waals surface area contributed by atoms with Gasteiger partial charge in [0.25, 0.3) is 0 Å². The molecular formula is C24H23N3. The predicted molar refractivity (Wildman–Crippen MR) is 113 cm³/mol. The molecule has 0 radical (unpaired) electrons. The zero-order valence-corrected chi connectivity index (χ0v) is 15.1. The van der Waals surface area contributed by atoms with E-state index in [4.69, 9.17) is 0 Å². The third kappa shape index (κ3) is 4.34. The van der Waals surface area contributed by atoms with Crippen molar-refractivity contribution in [1.29, 1.82) is 0 Å². The molecule has 1 atom stereocenters. The fourth-order valence-electron chi connectivity index (χ4n) is 3.21. The maximum absolute atomic E-state index is 3.65. The molecule has 134 valence electrons. The van der Waals surface area contributed by atoms with Crippen LogP contribution >= 0.6 is 0 Å². The fraction of sp³-hybridized carbons (Fsp3) is 0.0833. The fourth-order valence-corrected chi connectivity index (χ4v) is 3.21. The Kier molecular flexibility index (Phi) is 5.44. The Balaban J connectivity index is 1.54. The topological polar surface area (TPSA) is 36.1 Å². The first-order valence-electron chi connectivity index (χ1n) is 9.22. The second-order valence-corrected chi connectivity index (χ2v) is 6.50. The highest BCUT2D eigenvalue weighted by atomic mass is 15.4. The molecule has 4 aromatic rings. The molecule has 3 N–H and O–H groups in total. The van der Waals surface area contributed by atoms with E-state index in [1.165, 1.54) is 21.9 Å². The minimum absolute atomic E-state index is 0.0549. The third-order valence-electron chi connectivity index (χ3n) is 4.60. The van der Waals surface area contributed by atoms with E-state index < -0.39 is 0 Å². The van der Waals surface area contributed by atoms with Crippen LogP contribution in [0.25, 0.3) is 10.8 Å². The lowest BCUT2D eigenvalue weighted by atomic mass is 10.1. The number of hydrazine groups is 1. The molecule has 3 heteroatoms. The van der Waals surface area contributed by atoms with E-state index in [0.29, 0.717) is 0 Å². The Labute approximate surface area is 160 Å². The van der Waals surface area contributed by atoms with Crippen LogP contribution in [0.5, 0.6) is 0 Å². The average molecular weight is 353 g/mol. The van der Waals surface area contributed by atoms with Gasteiger partial charge in [-0.3, -0.25) is 5.43 Å². The summed E-state index contributed by atoms with van der Waals surface area (Å²) in [7, 11) is 0. The van der Waals surface area contributed by atoms with Gasteiger partial charge in [-0.25, -0.2) is 5.43 Å². The number of hydrogen-bond acceptors (Lipinski definition) is 3. The second kappa shape index (κ2) is 8.49. The van der Waals surface area contributed by atoms with Crippen LogP contribution in [0.3, 0.4) is 0 Å². The Bertz CT molecular complexity index is 979. The Morgan fingerprint density at radius 3 is 2.11 bits per heavy atom. The molecule has 0 spiro atoms. The van der Waals surface area contributed by atoms with Crippen molar-refractivity contribution in [3.05, 3.63) is 114 Å². The smallest absolute Gasteiger partial charge is 0.116 e. The molecule has 0 heterocycles. The van der Waals surface area contributed by atoms with Crippen LogP contribution < -0.4 is 16.2 Å². The quantitative estimate of drug-likeness (QED) is 0.314. The monoisotopic (exact) mass is 353 g/mol. The van der Waals surface area contributed by atoms with E-state index in [2.05, 4.69) is 107 Å². The van der Waals surface area contributed by atoms with Crippen molar-refractivity contribution in [3.8, 4) is 0 Å². The van der Waals surface area contributed by atoms with Gasteiger partial charge in [0, 0.05) is 17.6 Å². The van der Waals surface area contributed by atoms with Gasteiger partial charge in [0.1, 0.15) is 6.17 Å². The number of rotatable bonds is 7. The normalized spacial score (nSPS) is 12.0. The maximum Gasteiger partial charge on any atom is 0.116 e. The van der Waals surface area contributed by atoms with E-state index in [1.807, 2.05) is 12.1 Å². The SMILES string of the molecule is c1ccc(CNNC(Nc2cccc3ccccc23)c2ccccc2)cc1. The van der Waals surface area contributed by atoms with Gasteiger partial charge in [-0.15, -0.1) is 0 Å². The zero-order chi connectivity index (χ0) is 18.3. The number of nitrogens with one attached hydrogen (secondary N) is 3. The highest BCUT2D eigenvalue weighted by molar-refractivity contribution is 5.93. The highest BCUT2D eigenvalue weighted by Crippen LogP contribution is 2.26. The van der Waals surface area contributed by atoms with Gasteiger partial charge < -0.3 is 5.32 Å². The van der Waals surface area contributed by atoms with Gasteiger partial charge in [0.05, 0.1) is 0 Å². The molecule has 3 nitrogen and oxygen atoms in total. The molecule has 1 unspecified atom stereocenters. The molecule has 27 heavy (non-hydrogen) atoms. The first-order chi connectivity index (χ1) is 13.4. The molecule has 0 aliphatic heterocycles. The van der Waals surface area contributed by atoms with Crippen molar-refractivity contribution in [2.24, 2.45) is 0 Å². The second-order valence-electron chi connectivity index (χ2n) is 6.50. The Hall–Kier alpha value is -3.14. The van der Waals surface area contributed by atoms with Crippen LogP contribution in [0.4, 0.5) is 5.69 Å². The standard InChI is InChI=1S/C24H23N3/c1-3-10-19(11-4-1)18-25-27-24(21-13-5-2-6-14-21)26-23-17-9-15-20-12-7-8-16-22(20)23/h1-17,24-27H,18H2. The molecule has 0 aliphatic rings. The van der Waals surface area contributed by atoms with Crippen LogP contribution in [-0.4, -0.2) is 0 Å². The molecule has 4 aromatic carbocycles. The van der Waals surface area contributed by atoms with Gasteiger partial charge in [-0.05, 0) is 22.6 Å². The highest BCUT2D eigenvalue weighted by Gasteiger charge is 2.11. The molecule has 4 rings (SSSR count). The molecule has 0 aromatic heterocycles. The van der Waals surface area contributed by atoms with Crippen molar-refractivity contribution in [2.75, 3.05) is 5.32 Å². The Morgan fingerprint density at radius 2 is 1.30 bits per heavy atom. The van der Waals surface area contributed by atoms with Gasteiger partial charge in [-0.2, -0.15) is 0 Å². The summed E-state index contributed by atoms with van der Waals surface area (Å²) in [6.45, 7) is 0.751. The first-order valence-corrected chi connectivity index (χ1v) is 9.22. The van der Waals surface area contributed by atoms with Crippen molar-refractivity contribution in [3.63, 3.8) is 0 Å². The van der Waals surface area contributed by atoms with Gasteiger partial charge >= 0.3 is 0 Å².